The molecule has 1 aromatic rings. The maximum atomic E-state index is 4.17. The number of nitrogens with one attached hydrogen (secondary N) is 1. The van der Waals surface area contributed by atoms with Crippen molar-refractivity contribution >= 4 is 21.6 Å². The summed E-state index contributed by atoms with van der Waals surface area (Å²) < 4.78 is 1.02. The van der Waals surface area contributed by atoms with Gasteiger partial charge in [0.15, 0.2) is 0 Å². The van der Waals surface area contributed by atoms with Crippen LogP contribution in [0.3, 0.4) is 0 Å². The Morgan fingerprint density at radius 1 is 1.35 bits per heavy atom. The van der Waals surface area contributed by atoms with Crippen molar-refractivity contribution in [3.8, 4) is 0 Å². The van der Waals surface area contributed by atoms with E-state index in [1.165, 1.54) is 25.7 Å². The highest BCUT2D eigenvalue weighted by Crippen LogP contribution is 2.33. The molecule has 1 fully saturated rings. The molecule has 3 nitrogen and oxygen atoms in total. The third-order valence-electron chi connectivity index (χ3n) is 3.81. The van der Waals surface area contributed by atoms with E-state index < -0.39 is 0 Å². The Morgan fingerprint density at radius 3 is 2.65 bits per heavy atom. The minimum absolute atomic E-state index is 0.322. The predicted molar refractivity (Wildman–Crippen MR) is 75.3 cm³/mol. The average Bonchev–Trinajstić information content (AvgIpc) is 2.76. The zero-order chi connectivity index (χ0) is 12.3. The monoisotopic (exact) mass is 297 g/mol. The number of likely N-dealkylation sites (N-methyl/N-ethyl adjacent to an activating group) is 1. The molecular weight excluding hydrogens is 278 g/mol. The van der Waals surface area contributed by atoms with E-state index in [0.717, 1.165) is 16.7 Å². The summed E-state index contributed by atoms with van der Waals surface area (Å²) in [5.41, 5.74) is 1.41. The first-order chi connectivity index (χ1) is 8.12. The highest BCUT2D eigenvalue weighted by atomic mass is 79.9. The van der Waals surface area contributed by atoms with Crippen LogP contribution < -0.4 is 5.32 Å². The summed E-state index contributed by atoms with van der Waals surface area (Å²) in [7, 11) is 4.37. The molecule has 1 N–H and O–H groups in total. The maximum absolute atomic E-state index is 4.17. The Kier molecular flexibility index (Phi) is 4.05. The molecule has 0 aliphatic heterocycles. The lowest BCUT2D eigenvalue weighted by atomic mass is 9.96. The fraction of sp³-hybridized carbons (Fsp3) is 0.615. The van der Waals surface area contributed by atoms with Crippen molar-refractivity contribution in [3.05, 3.63) is 22.9 Å². The first-order valence-electron chi connectivity index (χ1n) is 6.14. The number of aromatic nitrogens is 1. The van der Waals surface area contributed by atoms with Crippen LogP contribution in [-0.4, -0.2) is 36.1 Å². The Bertz CT molecular complexity index is 373. The molecule has 1 saturated carbocycles. The first-order valence-corrected chi connectivity index (χ1v) is 6.94. The molecule has 94 valence electrons. The number of hydrogen-bond acceptors (Lipinski definition) is 3. The predicted octanol–water partition coefficient (Wildman–Crippen LogP) is 3.13. The molecule has 1 aliphatic rings. The summed E-state index contributed by atoms with van der Waals surface area (Å²) in [6, 6.07) is 2.07. The summed E-state index contributed by atoms with van der Waals surface area (Å²) in [6.07, 6.45) is 8.95. The summed E-state index contributed by atoms with van der Waals surface area (Å²) >= 11 is 3.45. The highest BCUT2D eigenvalue weighted by Gasteiger charge is 2.35. The lowest BCUT2D eigenvalue weighted by Gasteiger charge is -2.36. The number of halogens is 1. The van der Waals surface area contributed by atoms with Gasteiger partial charge in [-0.2, -0.15) is 0 Å². The molecular formula is C13H20BrN3. The van der Waals surface area contributed by atoms with Gasteiger partial charge in [0.25, 0.3) is 0 Å². The van der Waals surface area contributed by atoms with Gasteiger partial charge in [0, 0.05) is 22.8 Å². The van der Waals surface area contributed by atoms with Gasteiger partial charge in [0.1, 0.15) is 0 Å². The van der Waals surface area contributed by atoms with Gasteiger partial charge in [-0.05, 0) is 48.9 Å². The second kappa shape index (κ2) is 5.36. The van der Waals surface area contributed by atoms with Crippen LogP contribution in [0.5, 0.6) is 0 Å². The zero-order valence-corrected chi connectivity index (χ0v) is 12.1. The fourth-order valence-electron chi connectivity index (χ4n) is 2.59. The largest absolute Gasteiger partial charge is 0.382 e. The lowest BCUT2D eigenvalue weighted by molar-refractivity contribution is 0.172. The molecule has 17 heavy (non-hydrogen) atoms. The van der Waals surface area contributed by atoms with Crippen molar-refractivity contribution in [3.63, 3.8) is 0 Å². The molecule has 0 atom stereocenters. The van der Waals surface area contributed by atoms with Gasteiger partial charge in [-0.1, -0.05) is 12.8 Å². The van der Waals surface area contributed by atoms with Gasteiger partial charge < -0.3 is 10.2 Å². The third kappa shape index (κ3) is 2.99. The van der Waals surface area contributed by atoms with E-state index in [-0.39, 0.29) is 0 Å². The smallest absolute Gasteiger partial charge is 0.0538 e. The maximum Gasteiger partial charge on any atom is 0.0538 e. The van der Waals surface area contributed by atoms with Gasteiger partial charge in [0.05, 0.1) is 11.9 Å². The van der Waals surface area contributed by atoms with Crippen LogP contribution in [0.15, 0.2) is 22.9 Å². The molecule has 4 heteroatoms. The topological polar surface area (TPSA) is 28.2 Å². The van der Waals surface area contributed by atoms with Crippen molar-refractivity contribution in [2.45, 2.75) is 31.2 Å². The van der Waals surface area contributed by atoms with E-state index in [1.54, 1.807) is 0 Å². The first kappa shape index (κ1) is 12.8. The molecule has 2 rings (SSSR count). The summed E-state index contributed by atoms with van der Waals surface area (Å²) in [6.45, 7) is 0.998. The van der Waals surface area contributed by atoms with E-state index >= 15 is 0 Å². The molecule has 0 aromatic carbocycles. The molecule has 0 spiro atoms. The van der Waals surface area contributed by atoms with Crippen LogP contribution in [0, 0.1) is 0 Å². The molecule has 0 amide bonds. The van der Waals surface area contributed by atoms with Gasteiger partial charge in [0.2, 0.25) is 0 Å². The molecule has 1 aromatic heterocycles. The zero-order valence-electron chi connectivity index (χ0n) is 10.5. The van der Waals surface area contributed by atoms with Crippen LogP contribution in [0.4, 0.5) is 5.69 Å². The average molecular weight is 298 g/mol. The van der Waals surface area contributed by atoms with E-state index in [2.05, 4.69) is 51.3 Å². The quantitative estimate of drug-likeness (QED) is 0.925. The van der Waals surface area contributed by atoms with E-state index in [0.29, 0.717) is 5.54 Å². The van der Waals surface area contributed by atoms with Crippen LogP contribution in [0.1, 0.15) is 25.7 Å². The number of nitrogens with zero attached hydrogens (tertiary/aromatic N) is 2. The molecule has 1 aliphatic carbocycles. The van der Waals surface area contributed by atoms with E-state index in [1.807, 2.05) is 12.4 Å². The SMILES string of the molecule is CN(C)C1(CNc2cncc(Br)c2)CCCC1. The second-order valence-corrected chi connectivity index (χ2v) is 5.99. The van der Waals surface area contributed by atoms with Gasteiger partial charge in [-0.25, -0.2) is 0 Å². The van der Waals surface area contributed by atoms with Crippen LogP contribution >= 0.6 is 15.9 Å². The Balaban J connectivity index is 2.01. The highest BCUT2D eigenvalue weighted by molar-refractivity contribution is 9.10. The van der Waals surface area contributed by atoms with Gasteiger partial charge in [-0.3, -0.25) is 4.98 Å². The summed E-state index contributed by atoms with van der Waals surface area (Å²) in [4.78, 5) is 6.55. The number of anilines is 1. The van der Waals surface area contributed by atoms with Crippen molar-refractivity contribution in [1.82, 2.24) is 9.88 Å². The Hall–Kier alpha value is -0.610. The summed E-state index contributed by atoms with van der Waals surface area (Å²) in [5.74, 6) is 0. The minimum atomic E-state index is 0.322. The van der Waals surface area contributed by atoms with Crippen molar-refractivity contribution in [2.24, 2.45) is 0 Å². The third-order valence-corrected chi connectivity index (χ3v) is 4.24. The fourth-order valence-corrected chi connectivity index (χ4v) is 2.96. The number of pyridine rings is 1. The number of hydrogen-bond donors (Lipinski definition) is 1. The second-order valence-electron chi connectivity index (χ2n) is 5.07. The molecule has 0 saturated heterocycles. The number of rotatable bonds is 4. The lowest BCUT2D eigenvalue weighted by Crippen LogP contribution is -2.47. The Labute approximate surface area is 112 Å². The van der Waals surface area contributed by atoms with E-state index in [4.69, 9.17) is 0 Å². The van der Waals surface area contributed by atoms with Crippen LogP contribution in [0.2, 0.25) is 0 Å². The molecule has 0 radical (unpaired) electrons. The normalized spacial score (nSPS) is 18.6. The summed E-state index contributed by atoms with van der Waals surface area (Å²) in [5, 5.41) is 3.52. The molecule has 0 unspecified atom stereocenters. The minimum Gasteiger partial charge on any atom is -0.382 e. The Morgan fingerprint density at radius 2 is 2.06 bits per heavy atom. The van der Waals surface area contributed by atoms with E-state index in [9.17, 15) is 0 Å². The van der Waals surface area contributed by atoms with Crippen molar-refractivity contribution in [1.29, 1.82) is 0 Å². The molecule has 1 heterocycles. The van der Waals surface area contributed by atoms with Crippen LogP contribution in [-0.2, 0) is 0 Å². The van der Waals surface area contributed by atoms with Gasteiger partial charge >= 0.3 is 0 Å². The van der Waals surface area contributed by atoms with Crippen molar-refractivity contribution < 1.29 is 0 Å². The van der Waals surface area contributed by atoms with Crippen LogP contribution in [0.25, 0.3) is 0 Å². The molecule has 0 bridgehead atoms. The standard InChI is InChI=1S/C13H20BrN3/c1-17(2)13(5-3-4-6-13)10-16-12-7-11(14)8-15-9-12/h7-9,16H,3-6,10H2,1-2H3. The van der Waals surface area contributed by atoms with Gasteiger partial charge in [-0.15, -0.1) is 0 Å². The van der Waals surface area contributed by atoms with Crippen molar-refractivity contribution in [2.75, 3.05) is 26.0 Å².